The maximum Gasteiger partial charge on any atom is 0.246 e. The summed E-state index contributed by atoms with van der Waals surface area (Å²) < 4.78 is 12.4. The minimum Gasteiger partial charge on any atom is -0.493 e. The fourth-order valence-corrected chi connectivity index (χ4v) is 3.12. The van der Waals surface area contributed by atoms with Gasteiger partial charge in [-0.3, -0.25) is 4.79 Å². The van der Waals surface area contributed by atoms with Crippen molar-refractivity contribution in [3.05, 3.63) is 59.9 Å². The molecule has 29 heavy (non-hydrogen) atoms. The van der Waals surface area contributed by atoms with Crippen LogP contribution in [-0.2, 0) is 4.79 Å². The largest absolute Gasteiger partial charge is 0.493 e. The lowest BCUT2D eigenvalue weighted by molar-refractivity contribution is -0.116. The number of rotatable bonds is 7. The van der Waals surface area contributed by atoms with Crippen LogP contribution in [0.2, 0.25) is 0 Å². The summed E-state index contributed by atoms with van der Waals surface area (Å²) >= 11 is 0. The van der Waals surface area contributed by atoms with E-state index in [4.69, 9.17) is 9.47 Å². The van der Waals surface area contributed by atoms with E-state index in [0.717, 1.165) is 22.8 Å². The van der Waals surface area contributed by atoms with Crippen molar-refractivity contribution in [1.82, 2.24) is 9.78 Å². The molecule has 1 unspecified atom stereocenters. The normalized spacial score (nSPS) is 11.6. The number of amides is 1. The van der Waals surface area contributed by atoms with Crippen LogP contribution in [0, 0.1) is 13.8 Å². The zero-order chi connectivity index (χ0) is 21.0. The molecular weight excluding hydrogens is 368 g/mol. The number of methoxy groups -OCH3 is 2. The molecule has 2 N–H and O–H groups in total. The van der Waals surface area contributed by atoms with Gasteiger partial charge in [0, 0.05) is 11.8 Å². The summed E-state index contributed by atoms with van der Waals surface area (Å²) in [5, 5.41) is 10.8. The van der Waals surface area contributed by atoms with E-state index in [9.17, 15) is 4.79 Å². The van der Waals surface area contributed by atoms with Crippen LogP contribution in [0.15, 0.2) is 48.5 Å². The fraction of sp³-hybridized carbons (Fsp3) is 0.273. The van der Waals surface area contributed by atoms with Gasteiger partial charge in [-0.05, 0) is 45.0 Å². The van der Waals surface area contributed by atoms with Crippen LogP contribution in [0.3, 0.4) is 0 Å². The maximum absolute atomic E-state index is 12.7. The number of hydrogen-bond donors (Lipinski definition) is 2. The Morgan fingerprint density at radius 3 is 2.38 bits per heavy atom. The number of anilines is 2. The Morgan fingerprint density at radius 2 is 1.72 bits per heavy atom. The lowest BCUT2D eigenvalue weighted by atomic mass is 10.2. The van der Waals surface area contributed by atoms with Gasteiger partial charge in [-0.1, -0.05) is 18.2 Å². The molecule has 0 spiro atoms. The number of aromatic nitrogens is 2. The van der Waals surface area contributed by atoms with E-state index in [1.54, 1.807) is 32.4 Å². The second-order valence-corrected chi connectivity index (χ2v) is 6.72. The molecule has 0 aliphatic carbocycles. The third-order valence-corrected chi connectivity index (χ3v) is 4.70. The van der Waals surface area contributed by atoms with E-state index in [1.807, 2.05) is 55.8 Å². The van der Waals surface area contributed by atoms with Gasteiger partial charge in [0.1, 0.15) is 6.04 Å². The average Bonchev–Trinajstić information content (AvgIpc) is 3.02. The highest BCUT2D eigenvalue weighted by Crippen LogP contribution is 2.30. The number of nitrogens with zero attached hydrogens (tertiary/aromatic N) is 2. The van der Waals surface area contributed by atoms with E-state index in [2.05, 4.69) is 15.7 Å². The molecule has 3 aromatic rings. The van der Waals surface area contributed by atoms with Crippen LogP contribution in [0.1, 0.15) is 18.3 Å². The molecule has 0 aliphatic heterocycles. The van der Waals surface area contributed by atoms with Gasteiger partial charge >= 0.3 is 0 Å². The van der Waals surface area contributed by atoms with Gasteiger partial charge in [-0.2, -0.15) is 5.10 Å². The van der Waals surface area contributed by atoms with E-state index < -0.39 is 6.04 Å². The molecule has 0 aliphatic rings. The molecule has 7 heteroatoms. The van der Waals surface area contributed by atoms with E-state index >= 15 is 0 Å². The number of carbonyl (C=O) groups is 1. The number of nitrogens with one attached hydrogen (secondary N) is 2. The molecule has 0 bridgehead atoms. The van der Waals surface area contributed by atoms with Gasteiger partial charge in [-0.25, -0.2) is 4.68 Å². The van der Waals surface area contributed by atoms with Crippen LogP contribution in [0.4, 0.5) is 11.4 Å². The Morgan fingerprint density at radius 1 is 1.03 bits per heavy atom. The van der Waals surface area contributed by atoms with Crippen molar-refractivity contribution in [2.75, 3.05) is 24.9 Å². The molecule has 152 valence electrons. The SMILES string of the molecule is COc1ccc(NC(=O)C(C)Nc2c(C)nn(-c3ccccc3)c2C)cc1OC. The molecule has 0 fully saturated rings. The first-order valence-corrected chi connectivity index (χ1v) is 9.35. The first-order chi connectivity index (χ1) is 13.9. The van der Waals surface area contributed by atoms with E-state index in [1.165, 1.54) is 0 Å². The van der Waals surface area contributed by atoms with Crippen molar-refractivity contribution in [2.45, 2.75) is 26.8 Å². The Hall–Kier alpha value is -3.48. The molecule has 3 rings (SSSR count). The zero-order valence-corrected chi connectivity index (χ0v) is 17.3. The van der Waals surface area contributed by atoms with Crippen LogP contribution >= 0.6 is 0 Å². The monoisotopic (exact) mass is 394 g/mol. The lowest BCUT2D eigenvalue weighted by Crippen LogP contribution is -2.32. The highest BCUT2D eigenvalue weighted by Gasteiger charge is 2.19. The first kappa shape index (κ1) is 20.3. The third kappa shape index (κ3) is 4.34. The molecule has 1 heterocycles. The molecule has 1 aromatic heterocycles. The van der Waals surface area contributed by atoms with Gasteiger partial charge in [-0.15, -0.1) is 0 Å². The van der Waals surface area contributed by atoms with Gasteiger partial charge in [0.2, 0.25) is 5.91 Å². The molecule has 2 aromatic carbocycles. The number of aryl methyl sites for hydroxylation is 1. The van der Waals surface area contributed by atoms with Crippen molar-refractivity contribution >= 4 is 17.3 Å². The minimum absolute atomic E-state index is 0.163. The molecule has 1 amide bonds. The summed E-state index contributed by atoms with van der Waals surface area (Å²) in [6.45, 7) is 5.72. The Bertz CT molecular complexity index is 999. The predicted octanol–water partition coefficient (Wildman–Crippen LogP) is 3.95. The molecule has 7 nitrogen and oxygen atoms in total. The third-order valence-electron chi connectivity index (χ3n) is 4.70. The Balaban J connectivity index is 1.74. The summed E-state index contributed by atoms with van der Waals surface area (Å²) in [4.78, 5) is 12.7. The topological polar surface area (TPSA) is 77.4 Å². The highest BCUT2D eigenvalue weighted by atomic mass is 16.5. The van der Waals surface area contributed by atoms with Crippen LogP contribution in [0.25, 0.3) is 5.69 Å². The summed E-state index contributed by atoms with van der Waals surface area (Å²) in [5.74, 6) is 1.00. The lowest BCUT2D eigenvalue weighted by Gasteiger charge is -2.16. The van der Waals surface area contributed by atoms with E-state index in [0.29, 0.717) is 17.2 Å². The Kier molecular flexibility index (Phi) is 6.07. The summed E-state index contributed by atoms with van der Waals surface area (Å²) in [6.07, 6.45) is 0. The number of ether oxygens (including phenoxy) is 2. The standard InChI is InChI=1S/C22H26N4O3/c1-14-21(16(3)26(25-14)18-9-7-6-8-10-18)23-15(2)22(27)24-17-11-12-19(28-4)20(13-17)29-5/h6-13,15,23H,1-5H3,(H,24,27). The molecule has 0 saturated carbocycles. The van der Waals surface area contributed by atoms with E-state index in [-0.39, 0.29) is 5.91 Å². The Labute approximate surface area is 170 Å². The average molecular weight is 394 g/mol. The highest BCUT2D eigenvalue weighted by molar-refractivity contribution is 5.96. The molecular formula is C22H26N4O3. The van der Waals surface area contributed by atoms with Gasteiger partial charge in [0.25, 0.3) is 0 Å². The van der Waals surface area contributed by atoms with Crippen LogP contribution in [0.5, 0.6) is 11.5 Å². The smallest absolute Gasteiger partial charge is 0.246 e. The minimum atomic E-state index is -0.464. The van der Waals surface area contributed by atoms with Gasteiger partial charge < -0.3 is 20.1 Å². The van der Waals surface area contributed by atoms with Crippen molar-refractivity contribution in [3.63, 3.8) is 0 Å². The van der Waals surface area contributed by atoms with Crippen LogP contribution in [-0.4, -0.2) is 35.9 Å². The quantitative estimate of drug-likeness (QED) is 0.635. The second kappa shape index (κ2) is 8.68. The number of hydrogen-bond acceptors (Lipinski definition) is 5. The van der Waals surface area contributed by atoms with Crippen molar-refractivity contribution < 1.29 is 14.3 Å². The molecule has 1 atom stereocenters. The summed E-state index contributed by atoms with van der Waals surface area (Å²) in [6, 6.07) is 14.7. The number of carbonyl (C=O) groups excluding carboxylic acids is 1. The van der Waals surface area contributed by atoms with Gasteiger partial charge in [0.05, 0.1) is 37.0 Å². The summed E-state index contributed by atoms with van der Waals surface area (Å²) in [5.41, 5.74) is 4.23. The molecule has 0 radical (unpaired) electrons. The first-order valence-electron chi connectivity index (χ1n) is 9.35. The van der Waals surface area contributed by atoms with Crippen LogP contribution < -0.4 is 20.1 Å². The van der Waals surface area contributed by atoms with Crippen molar-refractivity contribution in [3.8, 4) is 17.2 Å². The zero-order valence-electron chi connectivity index (χ0n) is 17.3. The number of para-hydroxylation sites is 1. The molecule has 0 saturated heterocycles. The maximum atomic E-state index is 12.7. The summed E-state index contributed by atoms with van der Waals surface area (Å²) in [7, 11) is 3.13. The second-order valence-electron chi connectivity index (χ2n) is 6.72. The predicted molar refractivity (Wildman–Crippen MR) is 114 cm³/mol. The number of benzene rings is 2. The fourth-order valence-electron chi connectivity index (χ4n) is 3.12. The van der Waals surface area contributed by atoms with Crippen molar-refractivity contribution in [1.29, 1.82) is 0 Å². The van der Waals surface area contributed by atoms with Gasteiger partial charge in [0.15, 0.2) is 11.5 Å². The van der Waals surface area contributed by atoms with Crippen molar-refractivity contribution in [2.24, 2.45) is 0 Å².